The average Bonchev–Trinajstić information content (AvgIpc) is 3.00. The minimum atomic E-state index is -0.0318. The van der Waals surface area contributed by atoms with E-state index in [1.807, 2.05) is 36.4 Å². The van der Waals surface area contributed by atoms with E-state index in [9.17, 15) is 4.79 Å². The molecule has 3 aromatic rings. The zero-order valence-corrected chi connectivity index (χ0v) is 12.8. The quantitative estimate of drug-likeness (QED) is 0.697. The molecule has 0 fully saturated rings. The molecule has 0 spiro atoms. The van der Waals surface area contributed by atoms with Crippen LogP contribution in [0.2, 0.25) is 0 Å². The van der Waals surface area contributed by atoms with E-state index < -0.39 is 0 Å². The van der Waals surface area contributed by atoms with Crippen molar-refractivity contribution in [3.63, 3.8) is 0 Å². The molecule has 1 unspecified atom stereocenters. The Morgan fingerprint density at radius 3 is 2.74 bits per heavy atom. The van der Waals surface area contributed by atoms with Crippen molar-refractivity contribution >= 4 is 16.8 Å². The fourth-order valence-corrected chi connectivity index (χ4v) is 3.32. The van der Waals surface area contributed by atoms with Crippen LogP contribution < -0.4 is 10.6 Å². The average molecular weight is 305 g/mol. The van der Waals surface area contributed by atoms with Crippen molar-refractivity contribution in [3.05, 3.63) is 71.4 Å². The number of benzene rings is 2. The van der Waals surface area contributed by atoms with E-state index in [1.54, 1.807) is 0 Å². The van der Waals surface area contributed by atoms with Crippen LogP contribution in [0.3, 0.4) is 0 Å². The predicted molar refractivity (Wildman–Crippen MR) is 91.5 cm³/mol. The third kappa shape index (κ3) is 2.62. The van der Waals surface area contributed by atoms with Gasteiger partial charge in [-0.3, -0.25) is 4.79 Å². The normalized spacial score (nSPS) is 17.0. The first-order chi connectivity index (χ1) is 11.3. The summed E-state index contributed by atoms with van der Waals surface area (Å²) in [5.74, 6) is -0.0318. The molecule has 0 saturated heterocycles. The minimum absolute atomic E-state index is 0.0318. The van der Waals surface area contributed by atoms with Crippen molar-refractivity contribution in [3.8, 4) is 0 Å². The fourth-order valence-electron chi connectivity index (χ4n) is 3.32. The highest BCUT2D eigenvalue weighted by atomic mass is 16.1. The van der Waals surface area contributed by atoms with E-state index in [4.69, 9.17) is 0 Å². The first-order valence-electron chi connectivity index (χ1n) is 7.99. The third-order valence-electron chi connectivity index (χ3n) is 4.46. The SMILES string of the molecule is O=C(NCC1NCCc2c1[nH]c1ccccc21)c1ccccc1. The molecular weight excluding hydrogens is 286 g/mol. The number of hydrogen-bond acceptors (Lipinski definition) is 2. The van der Waals surface area contributed by atoms with Crippen molar-refractivity contribution in [2.45, 2.75) is 12.5 Å². The Morgan fingerprint density at radius 2 is 1.87 bits per heavy atom. The van der Waals surface area contributed by atoms with E-state index >= 15 is 0 Å². The monoisotopic (exact) mass is 305 g/mol. The molecule has 1 aliphatic rings. The molecule has 1 aromatic heterocycles. The van der Waals surface area contributed by atoms with E-state index in [2.05, 4.69) is 33.8 Å². The summed E-state index contributed by atoms with van der Waals surface area (Å²) in [4.78, 5) is 15.7. The van der Waals surface area contributed by atoms with Gasteiger partial charge in [-0.25, -0.2) is 0 Å². The molecule has 4 heteroatoms. The van der Waals surface area contributed by atoms with Crippen LogP contribution in [0.5, 0.6) is 0 Å². The number of amides is 1. The molecule has 0 aliphatic carbocycles. The van der Waals surface area contributed by atoms with Gasteiger partial charge in [-0.15, -0.1) is 0 Å². The Balaban J connectivity index is 1.54. The van der Waals surface area contributed by atoms with Crippen molar-refractivity contribution in [1.82, 2.24) is 15.6 Å². The van der Waals surface area contributed by atoms with Crippen LogP contribution in [-0.2, 0) is 6.42 Å². The molecule has 3 N–H and O–H groups in total. The Bertz CT molecular complexity index is 838. The topological polar surface area (TPSA) is 56.9 Å². The van der Waals surface area contributed by atoms with Crippen molar-refractivity contribution < 1.29 is 4.79 Å². The maximum absolute atomic E-state index is 12.2. The summed E-state index contributed by atoms with van der Waals surface area (Å²) in [6, 6.07) is 17.8. The van der Waals surface area contributed by atoms with E-state index in [-0.39, 0.29) is 11.9 Å². The smallest absolute Gasteiger partial charge is 0.251 e. The number of para-hydroxylation sites is 1. The summed E-state index contributed by atoms with van der Waals surface area (Å²) in [5, 5.41) is 7.82. The summed E-state index contributed by atoms with van der Waals surface area (Å²) in [6.07, 6.45) is 1.02. The molecule has 4 nitrogen and oxygen atoms in total. The second-order valence-electron chi connectivity index (χ2n) is 5.90. The lowest BCUT2D eigenvalue weighted by molar-refractivity contribution is 0.0949. The number of H-pyrrole nitrogens is 1. The number of rotatable bonds is 3. The molecule has 2 aromatic carbocycles. The van der Waals surface area contributed by atoms with Gasteiger partial charge in [-0.1, -0.05) is 36.4 Å². The molecule has 0 bridgehead atoms. The van der Waals surface area contributed by atoms with Crippen LogP contribution in [0.1, 0.15) is 27.7 Å². The number of aromatic amines is 1. The van der Waals surface area contributed by atoms with Gasteiger partial charge in [0, 0.05) is 28.7 Å². The lowest BCUT2D eigenvalue weighted by Gasteiger charge is -2.24. The Morgan fingerprint density at radius 1 is 1.09 bits per heavy atom. The zero-order valence-electron chi connectivity index (χ0n) is 12.8. The van der Waals surface area contributed by atoms with E-state index in [1.165, 1.54) is 22.2 Å². The highest BCUT2D eigenvalue weighted by Gasteiger charge is 2.24. The van der Waals surface area contributed by atoms with Gasteiger partial charge in [0.05, 0.1) is 6.04 Å². The Labute approximate surface area is 134 Å². The van der Waals surface area contributed by atoms with Crippen LogP contribution in [0.4, 0.5) is 0 Å². The van der Waals surface area contributed by atoms with Crippen molar-refractivity contribution in [2.75, 3.05) is 13.1 Å². The summed E-state index contributed by atoms with van der Waals surface area (Å²) in [7, 11) is 0. The number of aromatic nitrogens is 1. The molecule has 1 aliphatic heterocycles. The molecule has 1 amide bonds. The van der Waals surface area contributed by atoms with Gasteiger partial charge in [0.15, 0.2) is 0 Å². The highest BCUT2D eigenvalue weighted by Crippen LogP contribution is 2.29. The number of nitrogens with one attached hydrogen (secondary N) is 3. The number of carbonyl (C=O) groups is 1. The van der Waals surface area contributed by atoms with Crippen molar-refractivity contribution in [2.24, 2.45) is 0 Å². The van der Waals surface area contributed by atoms with Gasteiger partial charge in [0.1, 0.15) is 0 Å². The summed E-state index contributed by atoms with van der Waals surface area (Å²) < 4.78 is 0. The fraction of sp³-hybridized carbons (Fsp3) is 0.211. The Kier molecular flexibility index (Phi) is 3.60. The van der Waals surface area contributed by atoms with Crippen LogP contribution in [-0.4, -0.2) is 24.0 Å². The van der Waals surface area contributed by atoms with E-state index in [0.29, 0.717) is 12.1 Å². The second-order valence-corrected chi connectivity index (χ2v) is 5.90. The number of hydrogen-bond donors (Lipinski definition) is 3. The van der Waals surface area contributed by atoms with Crippen LogP contribution >= 0.6 is 0 Å². The maximum atomic E-state index is 12.2. The molecular formula is C19H19N3O. The predicted octanol–water partition coefficient (Wildman–Crippen LogP) is 2.78. The second kappa shape index (κ2) is 5.89. The van der Waals surface area contributed by atoms with Crippen LogP contribution in [0.25, 0.3) is 10.9 Å². The van der Waals surface area contributed by atoms with Crippen molar-refractivity contribution in [1.29, 1.82) is 0 Å². The molecule has 2 heterocycles. The first kappa shape index (κ1) is 14.0. The lowest BCUT2D eigenvalue weighted by Crippen LogP contribution is -2.38. The first-order valence-corrected chi connectivity index (χ1v) is 7.99. The highest BCUT2D eigenvalue weighted by molar-refractivity contribution is 5.94. The summed E-state index contributed by atoms with van der Waals surface area (Å²) >= 11 is 0. The molecule has 0 saturated carbocycles. The largest absolute Gasteiger partial charge is 0.357 e. The molecule has 4 rings (SSSR count). The molecule has 0 radical (unpaired) electrons. The van der Waals surface area contributed by atoms with Gasteiger partial charge in [0.25, 0.3) is 5.91 Å². The minimum Gasteiger partial charge on any atom is -0.357 e. The van der Waals surface area contributed by atoms with Crippen LogP contribution in [0.15, 0.2) is 54.6 Å². The van der Waals surface area contributed by atoms with Gasteiger partial charge in [-0.2, -0.15) is 0 Å². The third-order valence-corrected chi connectivity index (χ3v) is 4.46. The van der Waals surface area contributed by atoms with Gasteiger partial charge >= 0.3 is 0 Å². The zero-order chi connectivity index (χ0) is 15.6. The van der Waals surface area contributed by atoms with Gasteiger partial charge < -0.3 is 15.6 Å². The molecule has 1 atom stereocenters. The van der Waals surface area contributed by atoms with Gasteiger partial charge in [0.2, 0.25) is 0 Å². The Hall–Kier alpha value is -2.59. The standard InChI is InChI=1S/C19H19N3O/c23-19(13-6-2-1-3-7-13)21-12-17-18-15(10-11-20-17)14-8-4-5-9-16(14)22-18/h1-9,17,20,22H,10-12H2,(H,21,23). The number of fused-ring (bicyclic) bond motifs is 3. The number of carbonyl (C=O) groups excluding carboxylic acids is 1. The molecule has 116 valence electrons. The maximum Gasteiger partial charge on any atom is 0.251 e. The molecule has 23 heavy (non-hydrogen) atoms. The summed E-state index contributed by atoms with van der Waals surface area (Å²) in [5.41, 5.74) is 4.44. The van der Waals surface area contributed by atoms with Gasteiger partial charge in [-0.05, 0) is 36.7 Å². The van der Waals surface area contributed by atoms with E-state index in [0.717, 1.165) is 13.0 Å². The lowest BCUT2D eigenvalue weighted by atomic mass is 9.99. The van der Waals surface area contributed by atoms with Crippen LogP contribution in [0, 0.1) is 0 Å². The summed E-state index contributed by atoms with van der Waals surface area (Å²) in [6.45, 7) is 1.51.